The van der Waals surface area contributed by atoms with Crippen molar-refractivity contribution >= 4 is 17.5 Å². The van der Waals surface area contributed by atoms with Crippen LogP contribution in [-0.4, -0.2) is 32.5 Å². The molecule has 1 saturated heterocycles. The second kappa shape index (κ2) is 8.15. The molecular weight excluding hydrogens is 349 g/mol. The summed E-state index contributed by atoms with van der Waals surface area (Å²) >= 11 is 0. The molecule has 27 heavy (non-hydrogen) atoms. The van der Waals surface area contributed by atoms with E-state index in [1.807, 2.05) is 25.1 Å². The topological polar surface area (TPSA) is 85.5 Å². The van der Waals surface area contributed by atoms with Crippen LogP contribution in [0, 0.1) is 11.7 Å². The predicted molar refractivity (Wildman–Crippen MR) is 100 cm³/mol. The molecule has 0 saturated carbocycles. The molecule has 0 radical (unpaired) electrons. The van der Waals surface area contributed by atoms with Gasteiger partial charge < -0.3 is 4.90 Å². The number of hydrazine groups is 2. The first kappa shape index (κ1) is 18.8. The molecule has 0 bridgehead atoms. The number of halogens is 1. The van der Waals surface area contributed by atoms with Gasteiger partial charge in [0, 0.05) is 31.9 Å². The summed E-state index contributed by atoms with van der Waals surface area (Å²) in [7, 11) is 3.77. The number of rotatable bonds is 4. The number of benzene rings is 2. The Morgan fingerprint density at radius 3 is 2.56 bits per heavy atom. The van der Waals surface area contributed by atoms with Crippen molar-refractivity contribution in [2.24, 2.45) is 5.92 Å². The maximum Gasteiger partial charge on any atom is 0.269 e. The van der Waals surface area contributed by atoms with E-state index in [-0.39, 0.29) is 17.8 Å². The molecular formula is C19H22FN5O2. The van der Waals surface area contributed by atoms with Gasteiger partial charge in [0.15, 0.2) is 0 Å². The number of hydrogen-bond donors (Lipinski definition) is 4. The van der Waals surface area contributed by atoms with Crippen LogP contribution in [0.1, 0.15) is 22.0 Å². The van der Waals surface area contributed by atoms with E-state index < -0.39 is 11.8 Å². The molecule has 7 nitrogen and oxygen atoms in total. The normalized spacial score (nSPS) is 18.8. The third kappa shape index (κ3) is 4.42. The van der Waals surface area contributed by atoms with Gasteiger partial charge in [-0.05, 0) is 35.9 Å². The summed E-state index contributed by atoms with van der Waals surface area (Å²) in [6, 6.07) is 12.7. The third-order valence-electron chi connectivity index (χ3n) is 4.47. The van der Waals surface area contributed by atoms with Gasteiger partial charge in [-0.1, -0.05) is 18.2 Å². The number of carbonyl (C=O) groups excluding carboxylic acids is 2. The second-order valence-corrected chi connectivity index (χ2v) is 6.55. The van der Waals surface area contributed by atoms with Crippen LogP contribution in [0.15, 0.2) is 48.5 Å². The number of anilines is 1. The highest BCUT2D eigenvalue weighted by molar-refractivity contribution is 5.96. The molecule has 142 valence electrons. The van der Waals surface area contributed by atoms with Crippen molar-refractivity contribution in [1.29, 1.82) is 0 Å². The monoisotopic (exact) mass is 371 g/mol. The zero-order valence-electron chi connectivity index (χ0n) is 15.1. The Bertz CT molecular complexity index is 825. The molecule has 1 aliphatic heterocycles. The molecule has 1 heterocycles. The number of amides is 2. The molecule has 0 aromatic heterocycles. The molecule has 0 spiro atoms. The first-order chi connectivity index (χ1) is 13.0. The van der Waals surface area contributed by atoms with Crippen LogP contribution in [0.5, 0.6) is 0 Å². The van der Waals surface area contributed by atoms with Crippen molar-refractivity contribution in [3.8, 4) is 0 Å². The number of nitrogens with zero attached hydrogens (tertiary/aromatic N) is 1. The molecule has 2 amide bonds. The zero-order chi connectivity index (χ0) is 19.4. The van der Waals surface area contributed by atoms with Crippen molar-refractivity contribution in [1.82, 2.24) is 21.7 Å². The lowest BCUT2D eigenvalue weighted by molar-refractivity contribution is -0.125. The van der Waals surface area contributed by atoms with Gasteiger partial charge in [-0.3, -0.25) is 25.9 Å². The minimum absolute atomic E-state index is 0.320. The van der Waals surface area contributed by atoms with Gasteiger partial charge in [-0.15, -0.1) is 0 Å². The van der Waals surface area contributed by atoms with Crippen LogP contribution in [-0.2, 0) is 4.79 Å². The maximum atomic E-state index is 13.1. The lowest BCUT2D eigenvalue weighted by Crippen LogP contribution is -2.46. The molecule has 1 fully saturated rings. The largest absolute Gasteiger partial charge is 0.378 e. The molecule has 2 atom stereocenters. The van der Waals surface area contributed by atoms with E-state index >= 15 is 0 Å². The predicted octanol–water partition coefficient (Wildman–Crippen LogP) is 1.12. The Hall–Kier alpha value is -2.97. The van der Waals surface area contributed by atoms with E-state index in [2.05, 4.69) is 21.7 Å². The Balaban J connectivity index is 1.62. The maximum absolute atomic E-state index is 13.1. The highest BCUT2D eigenvalue weighted by atomic mass is 19.1. The molecule has 0 aliphatic carbocycles. The van der Waals surface area contributed by atoms with Crippen LogP contribution in [0.4, 0.5) is 10.1 Å². The van der Waals surface area contributed by atoms with Crippen LogP contribution in [0.3, 0.4) is 0 Å². The summed E-state index contributed by atoms with van der Waals surface area (Å²) in [5, 5.41) is 0. The highest BCUT2D eigenvalue weighted by Crippen LogP contribution is 2.25. The summed E-state index contributed by atoms with van der Waals surface area (Å²) in [6.07, 6.45) is 0. The van der Waals surface area contributed by atoms with Crippen LogP contribution >= 0.6 is 0 Å². The standard InChI is InChI=1S/C19H22FN5O2/c1-25(2)15-5-3-4-13(10-15)18(26)23-24-19(27)16-11-21-22-17(16)12-6-8-14(20)9-7-12/h3-10,16-17,21-22H,11H2,1-2H3,(H,23,26)(H,24,27). The minimum Gasteiger partial charge on any atom is -0.378 e. The van der Waals surface area contributed by atoms with Crippen LogP contribution in [0.2, 0.25) is 0 Å². The average Bonchev–Trinajstić information content (AvgIpc) is 3.16. The van der Waals surface area contributed by atoms with Crippen molar-refractivity contribution in [2.75, 3.05) is 25.5 Å². The van der Waals surface area contributed by atoms with E-state index in [0.29, 0.717) is 12.1 Å². The second-order valence-electron chi connectivity index (χ2n) is 6.55. The molecule has 2 aromatic carbocycles. The molecule has 2 unspecified atom stereocenters. The molecule has 2 aromatic rings. The van der Waals surface area contributed by atoms with E-state index in [9.17, 15) is 14.0 Å². The Morgan fingerprint density at radius 2 is 1.85 bits per heavy atom. The number of carbonyl (C=O) groups is 2. The first-order valence-electron chi connectivity index (χ1n) is 8.57. The van der Waals surface area contributed by atoms with E-state index in [4.69, 9.17) is 0 Å². The Morgan fingerprint density at radius 1 is 1.11 bits per heavy atom. The van der Waals surface area contributed by atoms with E-state index in [1.165, 1.54) is 12.1 Å². The summed E-state index contributed by atoms with van der Waals surface area (Å²) in [5.74, 6) is -1.52. The smallest absolute Gasteiger partial charge is 0.269 e. The van der Waals surface area contributed by atoms with Gasteiger partial charge in [-0.25, -0.2) is 9.82 Å². The van der Waals surface area contributed by atoms with E-state index in [1.54, 1.807) is 30.3 Å². The lowest BCUT2D eigenvalue weighted by Gasteiger charge is -2.19. The van der Waals surface area contributed by atoms with Crippen molar-refractivity contribution in [3.05, 3.63) is 65.5 Å². The van der Waals surface area contributed by atoms with Crippen molar-refractivity contribution in [2.45, 2.75) is 6.04 Å². The summed E-state index contributed by atoms with van der Waals surface area (Å²) in [4.78, 5) is 26.7. The van der Waals surface area contributed by atoms with E-state index in [0.717, 1.165) is 11.3 Å². The fraction of sp³-hybridized carbons (Fsp3) is 0.263. The first-order valence-corrected chi connectivity index (χ1v) is 8.57. The Labute approximate surface area is 156 Å². The van der Waals surface area contributed by atoms with Crippen LogP contribution < -0.4 is 26.6 Å². The molecule has 8 heteroatoms. The van der Waals surface area contributed by atoms with Gasteiger partial charge in [0.2, 0.25) is 5.91 Å². The van der Waals surface area contributed by atoms with Gasteiger partial charge in [0.1, 0.15) is 5.82 Å². The molecule has 3 rings (SSSR count). The van der Waals surface area contributed by atoms with Gasteiger partial charge in [0.05, 0.1) is 12.0 Å². The number of nitrogens with one attached hydrogen (secondary N) is 4. The van der Waals surface area contributed by atoms with Crippen molar-refractivity contribution < 1.29 is 14.0 Å². The third-order valence-corrected chi connectivity index (χ3v) is 4.47. The fourth-order valence-corrected chi connectivity index (χ4v) is 2.94. The number of hydrogen-bond acceptors (Lipinski definition) is 5. The van der Waals surface area contributed by atoms with Crippen LogP contribution in [0.25, 0.3) is 0 Å². The quantitative estimate of drug-likeness (QED) is 0.605. The Kier molecular flexibility index (Phi) is 5.68. The minimum atomic E-state index is -0.455. The van der Waals surface area contributed by atoms with Gasteiger partial charge in [-0.2, -0.15) is 0 Å². The van der Waals surface area contributed by atoms with Crippen molar-refractivity contribution in [3.63, 3.8) is 0 Å². The average molecular weight is 371 g/mol. The van der Waals surface area contributed by atoms with Gasteiger partial charge in [0.25, 0.3) is 5.91 Å². The summed E-state index contributed by atoms with van der Waals surface area (Å²) in [6.45, 7) is 0.389. The fourth-order valence-electron chi connectivity index (χ4n) is 2.94. The highest BCUT2D eigenvalue weighted by Gasteiger charge is 2.34. The molecule has 1 aliphatic rings. The lowest BCUT2D eigenvalue weighted by atomic mass is 9.94. The zero-order valence-corrected chi connectivity index (χ0v) is 15.1. The molecule has 4 N–H and O–H groups in total. The SMILES string of the molecule is CN(C)c1cccc(C(=O)NNC(=O)C2CNNC2c2ccc(F)cc2)c1. The van der Waals surface area contributed by atoms with Gasteiger partial charge >= 0.3 is 0 Å². The summed E-state index contributed by atoms with van der Waals surface area (Å²) in [5.41, 5.74) is 13.0. The summed E-state index contributed by atoms with van der Waals surface area (Å²) < 4.78 is 13.1.